The van der Waals surface area contributed by atoms with Crippen LogP contribution in [0.5, 0.6) is 0 Å². The lowest BCUT2D eigenvalue weighted by Gasteiger charge is -2.44. The van der Waals surface area contributed by atoms with Crippen molar-refractivity contribution in [1.29, 1.82) is 0 Å². The van der Waals surface area contributed by atoms with Gasteiger partial charge in [-0.15, -0.1) is 0 Å². The van der Waals surface area contributed by atoms with Crippen molar-refractivity contribution < 1.29 is 19.3 Å². The topological polar surface area (TPSA) is 44.8 Å². The number of rotatable bonds is 7. The molecule has 0 spiro atoms. The van der Waals surface area contributed by atoms with Crippen LogP contribution in [0.2, 0.25) is 0 Å². The Balaban J connectivity index is 1.53. The van der Waals surface area contributed by atoms with Crippen LogP contribution in [0.3, 0.4) is 0 Å². The molecule has 1 aromatic carbocycles. The molecule has 2 aliphatic heterocycles. The van der Waals surface area contributed by atoms with E-state index in [1.165, 1.54) is 16.7 Å². The molecule has 3 rings (SSSR count). The molecule has 0 aromatic heterocycles. The first-order chi connectivity index (χ1) is 13.7. The number of fused-ring (bicyclic) bond motifs is 1. The highest BCUT2D eigenvalue weighted by molar-refractivity contribution is 5.73. The standard InChI is InChI=1S/C25H34O4/c1-18(11-12-21-9-7-6-8-10-21)13-19(2)14-20(3)16-24(4)17-25(5)22(28-29-24)15-23(26)27-25/h6-11,13,20,22H,12,14-17H2,1-5H3/t20-,22+,24-,25+/m1/s1. The van der Waals surface area contributed by atoms with Crippen LogP contribution in [0.4, 0.5) is 0 Å². The van der Waals surface area contributed by atoms with Crippen LogP contribution in [0.1, 0.15) is 65.9 Å². The van der Waals surface area contributed by atoms with E-state index in [2.05, 4.69) is 64.1 Å². The molecule has 0 unspecified atom stereocenters. The van der Waals surface area contributed by atoms with E-state index in [1.54, 1.807) is 0 Å². The van der Waals surface area contributed by atoms with Crippen molar-refractivity contribution in [2.24, 2.45) is 5.92 Å². The summed E-state index contributed by atoms with van der Waals surface area (Å²) in [6.45, 7) is 10.6. The van der Waals surface area contributed by atoms with Crippen LogP contribution >= 0.6 is 0 Å². The number of esters is 1. The minimum absolute atomic E-state index is 0.199. The van der Waals surface area contributed by atoms with E-state index in [9.17, 15) is 4.79 Å². The van der Waals surface area contributed by atoms with Gasteiger partial charge >= 0.3 is 5.97 Å². The van der Waals surface area contributed by atoms with Gasteiger partial charge in [-0.05, 0) is 58.4 Å². The van der Waals surface area contributed by atoms with Crippen molar-refractivity contribution in [3.63, 3.8) is 0 Å². The summed E-state index contributed by atoms with van der Waals surface area (Å²) in [6, 6.07) is 10.5. The third kappa shape index (κ3) is 5.80. The molecular weight excluding hydrogens is 364 g/mol. The summed E-state index contributed by atoms with van der Waals surface area (Å²) < 4.78 is 5.56. The van der Waals surface area contributed by atoms with Crippen LogP contribution in [-0.4, -0.2) is 23.3 Å². The lowest BCUT2D eigenvalue weighted by atomic mass is 9.79. The van der Waals surface area contributed by atoms with Gasteiger partial charge < -0.3 is 4.74 Å². The second kappa shape index (κ2) is 8.85. The van der Waals surface area contributed by atoms with E-state index in [1.807, 2.05) is 13.0 Å². The quantitative estimate of drug-likeness (QED) is 0.335. The molecule has 2 saturated heterocycles. The molecular formula is C25H34O4. The van der Waals surface area contributed by atoms with Gasteiger partial charge in [0.05, 0.1) is 6.42 Å². The Morgan fingerprint density at radius 3 is 2.69 bits per heavy atom. The Morgan fingerprint density at radius 1 is 1.24 bits per heavy atom. The van der Waals surface area contributed by atoms with Crippen LogP contribution in [-0.2, 0) is 25.7 Å². The number of allylic oxidation sites excluding steroid dienone is 4. The van der Waals surface area contributed by atoms with Gasteiger partial charge in [-0.25, -0.2) is 9.78 Å². The molecule has 0 aliphatic carbocycles. The third-order valence-corrected chi connectivity index (χ3v) is 5.90. The van der Waals surface area contributed by atoms with Gasteiger partial charge in [-0.3, -0.25) is 4.79 Å². The highest BCUT2D eigenvalue weighted by Crippen LogP contribution is 2.44. The Hall–Kier alpha value is -1.91. The van der Waals surface area contributed by atoms with E-state index >= 15 is 0 Å². The number of carbonyl (C=O) groups excluding carboxylic acids is 1. The second-order valence-electron chi connectivity index (χ2n) is 9.43. The summed E-state index contributed by atoms with van der Waals surface area (Å²) in [6.07, 6.45) is 8.00. The normalized spacial score (nSPS) is 31.3. The molecule has 0 saturated carbocycles. The second-order valence-corrected chi connectivity index (χ2v) is 9.43. The zero-order chi connectivity index (χ0) is 21.1. The molecule has 0 radical (unpaired) electrons. The predicted octanol–water partition coefficient (Wildman–Crippen LogP) is 5.72. The Morgan fingerprint density at radius 2 is 1.97 bits per heavy atom. The molecule has 0 N–H and O–H groups in total. The van der Waals surface area contributed by atoms with E-state index in [-0.39, 0.29) is 18.5 Å². The molecule has 2 fully saturated rings. The molecule has 29 heavy (non-hydrogen) atoms. The average molecular weight is 399 g/mol. The maximum Gasteiger partial charge on any atom is 0.309 e. The highest BCUT2D eigenvalue weighted by Gasteiger charge is 2.55. The van der Waals surface area contributed by atoms with Crippen molar-refractivity contribution >= 4 is 5.97 Å². The molecule has 0 amide bonds. The maximum absolute atomic E-state index is 11.7. The Bertz CT molecular complexity index is 781. The summed E-state index contributed by atoms with van der Waals surface area (Å²) >= 11 is 0. The maximum atomic E-state index is 11.7. The SMILES string of the molecule is CC(=CCc1ccccc1)C=C(C)C[C@@H](C)C[C@]1(C)C[C@]2(C)OC(=O)C[C@@H]2OO1. The zero-order valence-electron chi connectivity index (χ0n) is 18.4. The van der Waals surface area contributed by atoms with Crippen molar-refractivity contribution in [2.75, 3.05) is 0 Å². The van der Waals surface area contributed by atoms with E-state index in [0.717, 1.165) is 19.3 Å². The van der Waals surface area contributed by atoms with Crippen molar-refractivity contribution in [1.82, 2.24) is 0 Å². The first-order valence-electron chi connectivity index (χ1n) is 10.6. The summed E-state index contributed by atoms with van der Waals surface area (Å²) in [4.78, 5) is 23.0. The molecule has 4 nitrogen and oxygen atoms in total. The minimum atomic E-state index is -0.578. The predicted molar refractivity (Wildman–Crippen MR) is 114 cm³/mol. The molecule has 0 bridgehead atoms. The van der Waals surface area contributed by atoms with E-state index < -0.39 is 11.2 Å². The van der Waals surface area contributed by atoms with Gasteiger partial charge in [0.25, 0.3) is 0 Å². The van der Waals surface area contributed by atoms with Gasteiger partial charge in [-0.2, -0.15) is 0 Å². The van der Waals surface area contributed by atoms with E-state index in [4.69, 9.17) is 14.5 Å². The van der Waals surface area contributed by atoms with Gasteiger partial charge in [-0.1, -0.05) is 60.6 Å². The number of ether oxygens (including phenoxy) is 1. The molecule has 2 aliphatic rings. The van der Waals surface area contributed by atoms with Gasteiger partial charge in [0.2, 0.25) is 0 Å². The monoisotopic (exact) mass is 398 g/mol. The van der Waals surface area contributed by atoms with Crippen molar-refractivity contribution in [3.05, 3.63) is 59.2 Å². The molecule has 158 valence electrons. The third-order valence-electron chi connectivity index (χ3n) is 5.90. The molecule has 4 atom stereocenters. The summed E-state index contributed by atoms with van der Waals surface area (Å²) in [5.41, 5.74) is 2.94. The summed E-state index contributed by atoms with van der Waals surface area (Å²) in [5.74, 6) is 0.231. The molecule has 1 aromatic rings. The zero-order valence-corrected chi connectivity index (χ0v) is 18.4. The first kappa shape index (κ1) is 21.8. The number of carbonyl (C=O) groups is 1. The number of hydrogen-bond acceptors (Lipinski definition) is 4. The van der Waals surface area contributed by atoms with Crippen molar-refractivity contribution in [3.8, 4) is 0 Å². The summed E-state index contributed by atoms with van der Waals surface area (Å²) in [7, 11) is 0. The largest absolute Gasteiger partial charge is 0.456 e. The molecule has 2 heterocycles. The fraction of sp³-hybridized carbons (Fsp3) is 0.560. The average Bonchev–Trinajstić information content (AvgIpc) is 2.92. The lowest BCUT2D eigenvalue weighted by molar-refractivity contribution is -0.429. The van der Waals surface area contributed by atoms with Crippen LogP contribution in [0.25, 0.3) is 0 Å². The summed E-state index contributed by atoms with van der Waals surface area (Å²) in [5, 5.41) is 0. The van der Waals surface area contributed by atoms with Crippen molar-refractivity contribution in [2.45, 2.75) is 84.0 Å². The smallest absolute Gasteiger partial charge is 0.309 e. The van der Waals surface area contributed by atoms with E-state index in [0.29, 0.717) is 12.3 Å². The van der Waals surface area contributed by atoms with Crippen LogP contribution < -0.4 is 0 Å². The fourth-order valence-electron chi connectivity index (χ4n) is 4.83. The van der Waals surface area contributed by atoms with Gasteiger partial charge in [0, 0.05) is 6.42 Å². The molecule has 4 heteroatoms. The van der Waals surface area contributed by atoms with Gasteiger partial charge in [0.15, 0.2) is 0 Å². The number of benzene rings is 1. The Labute approximate surface area is 174 Å². The minimum Gasteiger partial charge on any atom is -0.456 e. The highest BCUT2D eigenvalue weighted by atomic mass is 17.2. The first-order valence-corrected chi connectivity index (χ1v) is 10.6. The lowest BCUT2D eigenvalue weighted by Crippen LogP contribution is -2.52. The number of hydrogen-bond donors (Lipinski definition) is 0. The van der Waals surface area contributed by atoms with Gasteiger partial charge in [0.1, 0.15) is 17.3 Å². The van der Waals surface area contributed by atoms with Crippen LogP contribution in [0, 0.1) is 5.92 Å². The van der Waals surface area contributed by atoms with Crippen LogP contribution in [0.15, 0.2) is 53.6 Å². The Kier molecular flexibility index (Phi) is 6.65. The fourth-order valence-corrected chi connectivity index (χ4v) is 4.83.